The highest BCUT2D eigenvalue weighted by molar-refractivity contribution is 7.85. The molecule has 2 aromatic carbocycles. The van der Waals surface area contributed by atoms with Crippen LogP contribution in [0.15, 0.2) is 42.5 Å². The molecular weight excluding hydrogens is 391 g/mol. The number of hydrogen-bond donors (Lipinski definition) is 0. The van der Waals surface area contributed by atoms with Crippen molar-refractivity contribution >= 4 is 44.9 Å². The predicted octanol–water partition coefficient (Wildman–Crippen LogP) is 5.34. The molecule has 0 aliphatic heterocycles. The van der Waals surface area contributed by atoms with Crippen molar-refractivity contribution in [3.05, 3.63) is 68.7 Å². The predicted molar refractivity (Wildman–Crippen MR) is 99.8 cm³/mol. The highest BCUT2D eigenvalue weighted by Gasteiger charge is 2.18. The molecule has 24 heavy (non-hydrogen) atoms. The fourth-order valence-corrected chi connectivity index (χ4v) is 3.46. The van der Waals surface area contributed by atoms with E-state index in [0.29, 0.717) is 21.5 Å². The Balaban J connectivity index is 2.17. The summed E-state index contributed by atoms with van der Waals surface area (Å²) in [6.45, 7) is 0.0355. The van der Waals surface area contributed by atoms with Crippen LogP contribution in [0.3, 0.4) is 0 Å². The molecule has 0 spiro atoms. The third-order valence-corrected chi connectivity index (χ3v) is 4.96. The van der Waals surface area contributed by atoms with Gasteiger partial charge < -0.3 is 0 Å². The SMILES string of the molecule is CS(=O)(=O)OC[C@H](CCc1ccc(Cl)cc1)c1ccc(Cl)cc1Cl. The van der Waals surface area contributed by atoms with Crippen LogP contribution in [0, 0.1) is 0 Å². The Morgan fingerprint density at radius 2 is 1.62 bits per heavy atom. The van der Waals surface area contributed by atoms with Crippen LogP contribution >= 0.6 is 34.8 Å². The van der Waals surface area contributed by atoms with E-state index < -0.39 is 10.1 Å². The van der Waals surface area contributed by atoms with Gasteiger partial charge in [0.2, 0.25) is 0 Å². The van der Waals surface area contributed by atoms with Crippen LogP contribution in [-0.4, -0.2) is 21.3 Å². The number of hydrogen-bond acceptors (Lipinski definition) is 3. The summed E-state index contributed by atoms with van der Waals surface area (Å²) in [5.74, 6) is -0.167. The lowest BCUT2D eigenvalue weighted by atomic mass is 9.93. The van der Waals surface area contributed by atoms with Crippen LogP contribution in [0.2, 0.25) is 15.1 Å². The molecule has 7 heteroatoms. The van der Waals surface area contributed by atoms with Crippen molar-refractivity contribution in [3.8, 4) is 0 Å². The van der Waals surface area contributed by atoms with Gasteiger partial charge in [-0.15, -0.1) is 0 Å². The molecule has 0 aliphatic carbocycles. The Hall–Kier alpha value is -0.780. The van der Waals surface area contributed by atoms with Gasteiger partial charge in [0.05, 0.1) is 12.9 Å². The molecule has 130 valence electrons. The largest absolute Gasteiger partial charge is 0.270 e. The van der Waals surface area contributed by atoms with Gasteiger partial charge in [0.25, 0.3) is 10.1 Å². The lowest BCUT2D eigenvalue weighted by molar-refractivity contribution is 0.288. The van der Waals surface area contributed by atoms with Gasteiger partial charge in [-0.1, -0.05) is 53.0 Å². The zero-order chi connectivity index (χ0) is 17.7. The highest BCUT2D eigenvalue weighted by Crippen LogP contribution is 2.31. The lowest BCUT2D eigenvalue weighted by Crippen LogP contribution is -2.13. The van der Waals surface area contributed by atoms with Crippen LogP contribution in [0.25, 0.3) is 0 Å². The first-order valence-electron chi connectivity index (χ1n) is 7.28. The molecule has 2 aromatic rings. The molecule has 3 nitrogen and oxygen atoms in total. The summed E-state index contributed by atoms with van der Waals surface area (Å²) in [6.07, 6.45) is 2.46. The van der Waals surface area contributed by atoms with Crippen LogP contribution < -0.4 is 0 Å². The van der Waals surface area contributed by atoms with Gasteiger partial charge in [-0.05, 0) is 48.2 Å². The molecule has 0 N–H and O–H groups in total. The second kappa shape index (κ2) is 8.54. The average molecular weight is 408 g/mol. The van der Waals surface area contributed by atoms with Gasteiger partial charge in [0, 0.05) is 21.0 Å². The smallest absolute Gasteiger partial charge is 0.264 e. The van der Waals surface area contributed by atoms with Gasteiger partial charge in [0.15, 0.2) is 0 Å². The first-order valence-corrected chi connectivity index (χ1v) is 10.2. The van der Waals surface area contributed by atoms with Gasteiger partial charge in [0.1, 0.15) is 0 Å². The Morgan fingerprint density at radius 3 is 2.21 bits per heavy atom. The Morgan fingerprint density at radius 1 is 1.00 bits per heavy atom. The van der Waals surface area contributed by atoms with Crippen LogP contribution in [0.5, 0.6) is 0 Å². The third kappa shape index (κ3) is 6.26. The zero-order valence-electron chi connectivity index (χ0n) is 13.0. The van der Waals surface area contributed by atoms with E-state index in [9.17, 15) is 8.42 Å². The molecule has 0 aromatic heterocycles. The fraction of sp³-hybridized carbons (Fsp3) is 0.294. The van der Waals surface area contributed by atoms with Crippen molar-refractivity contribution in [3.63, 3.8) is 0 Å². The molecule has 0 unspecified atom stereocenters. The molecule has 0 radical (unpaired) electrons. The van der Waals surface area contributed by atoms with E-state index in [4.69, 9.17) is 39.0 Å². The standard InChI is InChI=1S/C17H17Cl3O3S/c1-24(21,22)23-11-13(16-9-8-15(19)10-17(16)20)5-2-12-3-6-14(18)7-4-12/h3-4,6-10,13H,2,5,11H2,1H3/t13-/m0/s1. The van der Waals surface area contributed by atoms with Crippen molar-refractivity contribution in [1.29, 1.82) is 0 Å². The molecule has 1 atom stereocenters. The van der Waals surface area contributed by atoms with Gasteiger partial charge in [-0.2, -0.15) is 8.42 Å². The molecule has 0 aliphatic rings. The van der Waals surface area contributed by atoms with Crippen molar-refractivity contribution in [2.24, 2.45) is 0 Å². The van der Waals surface area contributed by atoms with E-state index in [-0.39, 0.29) is 12.5 Å². The fourth-order valence-electron chi connectivity index (χ4n) is 2.36. The second-order valence-electron chi connectivity index (χ2n) is 5.52. The van der Waals surface area contributed by atoms with E-state index in [1.807, 2.05) is 30.3 Å². The van der Waals surface area contributed by atoms with Crippen LogP contribution in [0.1, 0.15) is 23.5 Å². The summed E-state index contributed by atoms with van der Waals surface area (Å²) < 4.78 is 27.7. The monoisotopic (exact) mass is 406 g/mol. The van der Waals surface area contributed by atoms with E-state index >= 15 is 0 Å². The number of benzene rings is 2. The summed E-state index contributed by atoms with van der Waals surface area (Å²) in [7, 11) is -3.52. The maximum absolute atomic E-state index is 11.3. The first-order chi connectivity index (χ1) is 11.2. The first kappa shape index (κ1) is 19.5. The van der Waals surface area contributed by atoms with E-state index in [0.717, 1.165) is 23.8 Å². The normalized spacial score (nSPS) is 13.0. The Labute approximate surface area is 157 Å². The summed E-state index contributed by atoms with van der Waals surface area (Å²) >= 11 is 18.1. The minimum absolute atomic E-state index is 0.0355. The van der Waals surface area contributed by atoms with E-state index in [2.05, 4.69) is 0 Å². The minimum Gasteiger partial charge on any atom is -0.270 e. The summed E-state index contributed by atoms with van der Waals surface area (Å²) in [5, 5.41) is 1.71. The maximum atomic E-state index is 11.3. The van der Waals surface area contributed by atoms with Crippen LogP contribution in [-0.2, 0) is 20.7 Å². The minimum atomic E-state index is -3.52. The zero-order valence-corrected chi connectivity index (χ0v) is 16.1. The summed E-state index contributed by atoms with van der Waals surface area (Å²) in [5.41, 5.74) is 1.92. The quantitative estimate of drug-likeness (QED) is 0.582. The Kier molecular flexibility index (Phi) is 6.96. The summed E-state index contributed by atoms with van der Waals surface area (Å²) in [4.78, 5) is 0. The van der Waals surface area contributed by atoms with Crippen molar-refractivity contribution in [2.75, 3.05) is 12.9 Å². The van der Waals surface area contributed by atoms with Gasteiger partial charge in [-0.25, -0.2) is 0 Å². The molecular formula is C17H17Cl3O3S. The molecule has 0 saturated carbocycles. The third-order valence-electron chi connectivity index (χ3n) is 3.58. The van der Waals surface area contributed by atoms with Crippen molar-refractivity contribution in [1.82, 2.24) is 0 Å². The molecule has 2 rings (SSSR count). The van der Waals surface area contributed by atoms with Gasteiger partial charge >= 0.3 is 0 Å². The molecule has 0 amide bonds. The topological polar surface area (TPSA) is 43.4 Å². The lowest BCUT2D eigenvalue weighted by Gasteiger charge is -2.18. The summed E-state index contributed by atoms with van der Waals surface area (Å²) in [6, 6.07) is 12.7. The number of rotatable bonds is 7. The maximum Gasteiger partial charge on any atom is 0.264 e. The Bertz CT molecular complexity index is 789. The second-order valence-corrected chi connectivity index (χ2v) is 8.44. The number of aryl methyl sites for hydroxylation is 1. The number of halogens is 3. The molecule has 0 saturated heterocycles. The molecule has 0 heterocycles. The van der Waals surface area contributed by atoms with E-state index in [1.165, 1.54) is 0 Å². The molecule has 0 fully saturated rings. The van der Waals surface area contributed by atoms with Crippen molar-refractivity contribution < 1.29 is 12.6 Å². The van der Waals surface area contributed by atoms with Crippen LogP contribution in [0.4, 0.5) is 0 Å². The van der Waals surface area contributed by atoms with E-state index in [1.54, 1.807) is 12.1 Å². The molecule has 0 bridgehead atoms. The highest BCUT2D eigenvalue weighted by atomic mass is 35.5. The van der Waals surface area contributed by atoms with Gasteiger partial charge in [-0.3, -0.25) is 4.18 Å². The average Bonchev–Trinajstić information content (AvgIpc) is 2.49. The van der Waals surface area contributed by atoms with Crippen molar-refractivity contribution in [2.45, 2.75) is 18.8 Å².